The summed E-state index contributed by atoms with van der Waals surface area (Å²) < 4.78 is 0. The Labute approximate surface area is 105 Å². The number of carbonyl (C=O) groups excluding carboxylic acids is 1. The molecule has 0 saturated heterocycles. The van der Waals surface area contributed by atoms with E-state index in [-0.39, 0.29) is 5.78 Å². The van der Waals surface area contributed by atoms with Crippen LogP contribution in [-0.4, -0.2) is 5.78 Å². The number of ketones is 1. The van der Waals surface area contributed by atoms with Gasteiger partial charge < -0.3 is 10.9 Å². The number of para-hydroxylation sites is 1. The molecule has 5 nitrogen and oxygen atoms in total. The summed E-state index contributed by atoms with van der Waals surface area (Å²) in [5, 5.41) is 0. The quantitative estimate of drug-likeness (QED) is 0.370. The molecule has 0 heterocycles. The number of hydrogen-bond acceptors (Lipinski definition) is 5. The topological polar surface area (TPSA) is 93.2 Å². The predicted octanol–water partition coefficient (Wildman–Crippen LogP) is 1.49. The summed E-state index contributed by atoms with van der Waals surface area (Å²) in [5.41, 5.74) is 7.12. The minimum Gasteiger partial charge on any atom is -0.322 e. The molecule has 0 unspecified atom stereocenters. The first kappa shape index (κ1) is 12.1. The van der Waals surface area contributed by atoms with Crippen molar-refractivity contribution in [3.05, 3.63) is 59.7 Å². The van der Waals surface area contributed by atoms with Crippen LogP contribution in [0.4, 0.5) is 11.4 Å². The predicted molar refractivity (Wildman–Crippen MR) is 71.9 cm³/mol. The molecule has 2 aromatic rings. The van der Waals surface area contributed by atoms with Gasteiger partial charge in [-0.2, -0.15) is 0 Å². The van der Waals surface area contributed by atoms with Gasteiger partial charge in [-0.1, -0.05) is 36.4 Å². The third kappa shape index (κ3) is 2.17. The Morgan fingerprint density at radius 3 is 2.22 bits per heavy atom. The lowest BCUT2D eigenvalue weighted by molar-refractivity contribution is 0.103. The average molecular weight is 242 g/mol. The largest absolute Gasteiger partial charge is 0.322 e. The van der Waals surface area contributed by atoms with Gasteiger partial charge in [-0.25, -0.2) is 0 Å². The van der Waals surface area contributed by atoms with E-state index in [9.17, 15) is 4.79 Å². The minimum atomic E-state index is -0.111. The van der Waals surface area contributed by atoms with Crippen LogP contribution in [0.15, 0.2) is 48.5 Å². The maximum absolute atomic E-state index is 12.3. The number of nitrogens with one attached hydrogen (secondary N) is 2. The first-order valence-electron chi connectivity index (χ1n) is 5.44. The Morgan fingerprint density at radius 1 is 0.889 bits per heavy atom. The Balaban J connectivity index is 2.48. The van der Waals surface area contributed by atoms with Crippen LogP contribution in [0.3, 0.4) is 0 Å². The van der Waals surface area contributed by atoms with E-state index >= 15 is 0 Å². The Hall–Kier alpha value is -2.37. The van der Waals surface area contributed by atoms with Crippen molar-refractivity contribution >= 4 is 17.2 Å². The number of nitrogens with two attached hydrogens (primary N) is 2. The first-order valence-corrected chi connectivity index (χ1v) is 5.44. The van der Waals surface area contributed by atoms with Crippen LogP contribution in [0.25, 0.3) is 0 Å². The molecule has 0 aliphatic carbocycles. The second kappa shape index (κ2) is 5.31. The van der Waals surface area contributed by atoms with Gasteiger partial charge in [0.15, 0.2) is 5.78 Å². The highest BCUT2D eigenvalue weighted by Gasteiger charge is 2.15. The fourth-order valence-electron chi connectivity index (χ4n) is 1.76. The van der Waals surface area contributed by atoms with E-state index in [1.807, 2.05) is 18.2 Å². The molecule has 0 fully saturated rings. The average Bonchev–Trinajstić information content (AvgIpc) is 2.46. The fourth-order valence-corrected chi connectivity index (χ4v) is 1.76. The van der Waals surface area contributed by atoms with Crippen molar-refractivity contribution in [3.8, 4) is 0 Å². The minimum absolute atomic E-state index is 0.111. The molecule has 0 atom stereocenters. The maximum Gasteiger partial charge on any atom is 0.195 e. The monoisotopic (exact) mass is 242 g/mol. The smallest absolute Gasteiger partial charge is 0.195 e. The molecule has 0 amide bonds. The zero-order chi connectivity index (χ0) is 13.0. The van der Waals surface area contributed by atoms with E-state index in [0.29, 0.717) is 22.5 Å². The van der Waals surface area contributed by atoms with Gasteiger partial charge in [0, 0.05) is 11.1 Å². The van der Waals surface area contributed by atoms with E-state index < -0.39 is 0 Å². The van der Waals surface area contributed by atoms with Gasteiger partial charge in [-0.3, -0.25) is 16.5 Å². The van der Waals surface area contributed by atoms with Crippen LogP contribution in [0, 0.1) is 0 Å². The molecule has 0 aliphatic rings. The molecule has 2 rings (SSSR count). The molecule has 5 heteroatoms. The highest BCUT2D eigenvalue weighted by atomic mass is 16.1. The molecule has 0 aliphatic heterocycles. The molecule has 0 spiro atoms. The molecule has 92 valence electrons. The van der Waals surface area contributed by atoms with Crippen molar-refractivity contribution in [1.82, 2.24) is 0 Å². The summed E-state index contributed by atoms with van der Waals surface area (Å²) in [6.45, 7) is 0. The van der Waals surface area contributed by atoms with Crippen molar-refractivity contribution in [2.45, 2.75) is 0 Å². The van der Waals surface area contributed by atoms with E-state index in [4.69, 9.17) is 11.7 Å². The lowest BCUT2D eigenvalue weighted by Crippen LogP contribution is -2.17. The van der Waals surface area contributed by atoms with Crippen LogP contribution in [0.2, 0.25) is 0 Å². The third-order valence-corrected chi connectivity index (χ3v) is 2.64. The fraction of sp³-hybridized carbons (Fsp3) is 0. The number of carbonyl (C=O) groups is 1. The second-order valence-corrected chi connectivity index (χ2v) is 3.71. The molecular weight excluding hydrogens is 228 g/mol. The zero-order valence-electron chi connectivity index (χ0n) is 9.68. The second-order valence-electron chi connectivity index (χ2n) is 3.71. The van der Waals surface area contributed by atoms with Gasteiger partial charge >= 0.3 is 0 Å². The maximum atomic E-state index is 12.3. The SMILES string of the molecule is NNc1cccc(C(=O)c2ccccc2)c1NN. The summed E-state index contributed by atoms with van der Waals surface area (Å²) in [6, 6.07) is 14.2. The molecule has 0 bridgehead atoms. The lowest BCUT2D eigenvalue weighted by Gasteiger charge is -2.12. The summed E-state index contributed by atoms with van der Waals surface area (Å²) in [4.78, 5) is 12.3. The van der Waals surface area contributed by atoms with Gasteiger partial charge in [0.05, 0.1) is 11.4 Å². The van der Waals surface area contributed by atoms with Gasteiger partial charge in [-0.05, 0) is 12.1 Å². The van der Waals surface area contributed by atoms with Gasteiger partial charge in [0.25, 0.3) is 0 Å². The van der Waals surface area contributed by atoms with Crippen molar-refractivity contribution in [1.29, 1.82) is 0 Å². The standard InChI is InChI=1S/C13H14N4O/c14-16-11-8-4-7-10(12(11)17-15)13(18)9-5-2-1-3-6-9/h1-8,16-17H,14-15H2. The van der Waals surface area contributed by atoms with Crippen molar-refractivity contribution in [3.63, 3.8) is 0 Å². The highest BCUT2D eigenvalue weighted by Crippen LogP contribution is 2.26. The number of anilines is 2. The molecule has 18 heavy (non-hydrogen) atoms. The number of hydrogen-bond donors (Lipinski definition) is 4. The van der Waals surface area contributed by atoms with Crippen LogP contribution in [-0.2, 0) is 0 Å². The molecule has 0 aromatic heterocycles. The Bertz CT molecular complexity index is 554. The van der Waals surface area contributed by atoms with Gasteiger partial charge in [-0.15, -0.1) is 0 Å². The molecule has 0 saturated carbocycles. The van der Waals surface area contributed by atoms with Crippen LogP contribution in [0.5, 0.6) is 0 Å². The van der Waals surface area contributed by atoms with Crippen molar-refractivity contribution < 1.29 is 4.79 Å². The molecule has 6 N–H and O–H groups in total. The Morgan fingerprint density at radius 2 is 1.61 bits per heavy atom. The highest BCUT2D eigenvalue weighted by molar-refractivity contribution is 6.13. The van der Waals surface area contributed by atoms with Gasteiger partial charge in [0.1, 0.15) is 0 Å². The molecular formula is C13H14N4O. The van der Waals surface area contributed by atoms with E-state index in [0.717, 1.165) is 0 Å². The van der Waals surface area contributed by atoms with Crippen molar-refractivity contribution in [2.24, 2.45) is 11.7 Å². The normalized spacial score (nSPS) is 9.89. The summed E-state index contributed by atoms with van der Waals surface area (Å²) >= 11 is 0. The summed E-state index contributed by atoms with van der Waals surface area (Å²) in [5.74, 6) is 10.7. The first-order chi connectivity index (χ1) is 8.77. The summed E-state index contributed by atoms with van der Waals surface area (Å²) in [7, 11) is 0. The number of rotatable bonds is 4. The molecule has 0 radical (unpaired) electrons. The Kier molecular flexibility index (Phi) is 3.57. The van der Waals surface area contributed by atoms with Crippen molar-refractivity contribution in [2.75, 3.05) is 10.9 Å². The van der Waals surface area contributed by atoms with E-state index in [1.165, 1.54) is 0 Å². The number of benzene rings is 2. The van der Waals surface area contributed by atoms with Crippen LogP contribution >= 0.6 is 0 Å². The van der Waals surface area contributed by atoms with E-state index in [1.54, 1.807) is 30.3 Å². The summed E-state index contributed by atoms with van der Waals surface area (Å²) in [6.07, 6.45) is 0. The van der Waals surface area contributed by atoms with Crippen LogP contribution < -0.4 is 22.5 Å². The molecule has 2 aromatic carbocycles. The zero-order valence-corrected chi connectivity index (χ0v) is 9.68. The van der Waals surface area contributed by atoms with Crippen LogP contribution in [0.1, 0.15) is 15.9 Å². The number of nitrogen functional groups attached to an aromatic ring is 2. The van der Waals surface area contributed by atoms with E-state index in [2.05, 4.69) is 10.9 Å². The third-order valence-electron chi connectivity index (χ3n) is 2.64. The number of hydrazine groups is 2. The van der Waals surface area contributed by atoms with Gasteiger partial charge in [0.2, 0.25) is 0 Å². The lowest BCUT2D eigenvalue weighted by atomic mass is 10.0.